The Hall–Kier alpha value is -2.37. The highest BCUT2D eigenvalue weighted by Crippen LogP contribution is 2.39. The van der Waals surface area contributed by atoms with E-state index in [-0.39, 0.29) is 23.7 Å². The van der Waals surface area contributed by atoms with Crippen molar-refractivity contribution >= 4 is 51.6 Å². The van der Waals surface area contributed by atoms with E-state index in [1.807, 2.05) is 39.3 Å². The van der Waals surface area contributed by atoms with E-state index in [2.05, 4.69) is 20.6 Å². The molecule has 0 aromatic carbocycles. The average molecular weight is 537 g/mol. The number of halogens is 1. The maximum atomic E-state index is 12.9. The number of carbonyl (C=O) groups is 2. The maximum Gasteiger partial charge on any atom is 0.341 e. The molecule has 1 amide bonds. The van der Waals surface area contributed by atoms with E-state index in [1.165, 1.54) is 23.1 Å². The number of fused-ring (bicyclic) bond motifs is 1. The van der Waals surface area contributed by atoms with Gasteiger partial charge < -0.3 is 14.6 Å². The monoisotopic (exact) mass is 536 g/mol. The lowest BCUT2D eigenvalue weighted by molar-refractivity contribution is -0.113. The number of carbonyl (C=O) groups excluding carboxylic acids is 2. The first kappa shape index (κ1) is 25.7. The highest BCUT2D eigenvalue weighted by Gasteiger charge is 2.28. The number of hydrogen-bond donors (Lipinski definition) is 1. The molecule has 0 bridgehead atoms. The van der Waals surface area contributed by atoms with Crippen LogP contribution in [0.1, 0.15) is 60.1 Å². The smallest absolute Gasteiger partial charge is 0.341 e. The topological polar surface area (TPSA) is 104 Å². The Bertz CT molecular complexity index is 1260. The van der Waals surface area contributed by atoms with Crippen molar-refractivity contribution in [1.29, 1.82) is 0 Å². The molecular weight excluding hydrogens is 508 g/mol. The molecule has 3 aromatic rings. The molecule has 4 rings (SSSR count). The number of rotatable bonds is 8. The minimum Gasteiger partial charge on any atom is -0.459 e. The number of amides is 1. The molecule has 0 aliphatic heterocycles. The second-order valence-electron chi connectivity index (χ2n) is 8.63. The fourth-order valence-corrected chi connectivity index (χ4v) is 6.36. The number of hydrogen-bond acceptors (Lipinski definition) is 8. The molecule has 12 heteroatoms. The molecule has 0 atom stereocenters. The molecule has 35 heavy (non-hydrogen) atoms. The Morgan fingerprint density at radius 3 is 2.66 bits per heavy atom. The summed E-state index contributed by atoms with van der Waals surface area (Å²) < 4.78 is 9.07. The SMILES string of the molecule is CCn1c(SCC(=O)Nc2sc3c(c2C(=O)OC(C)C)CCCC3)nnc1-c1nn(C)c(C)c1Cl. The molecule has 0 spiro atoms. The molecule has 3 heterocycles. The summed E-state index contributed by atoms with van der Waals surface area (Å²) in [5.74, 6) is 0.0917. The summed E-state index contributed by atoms with van der Waals surface area (Å²) in [4.78, 5) is 26.9. The third kappa shape index (κ3) is 5.26. The van der Waals surface area contributed by atoms with Gasteiger partial charge >= 0.3 is 5.97 Å². The van der Waals surface area contributed by atoms with Crippen LogP contribution in [-0.4, -0.2) is 48.3 Å². The quantitative estimate of drug-likeness (QED) is 0.322. The van der Waals surface area contributed by atoms with Crippen molar-refractivity contribution < 1.29 is 14.3 Å². The third-order valence-electron chi connectivity index (χ3n) is 5.81. The van der Waals surface area contributed by atoms with Crippen molar-refractivity contribution in [3.8, 4) is 11.5 Å². The van der Waals surface area contributed by atoms with Crippen molar-refractivity contribution in [2.45, 2.75) is 71.2 Å². The number of ether oxygens (including phenoxy) is 1. The molecule has 0 fully saturated rings. The second kappa shape index (κ2) is 10.7. The zero-order chi connectivity index (χ0) is 25.3. The van der Waals surface area contributed by atoms with Gasteiger partial charge in [-0.2, -0.15) is 5.10 Å². The van der Waals surface area contributed by atoms with Gasteiger partial charge in [0.15, 0.2) is 11.0 Å². The lowest BCUT2D eigenvalue weighted by Gasteiger charge is -2.14. The molecule has 0 radical (unpaired) electrons. The third-order valence-corrected chi connectivity index (χ3v) is 8.44. The second-order valence-corrected chi connectivity index (χ2v) is 11.1. The van der Waals surface area contributed by atoms with Crippen LogP contribution in [0.25, 0.3) is 11.5 Å². The highest BCUT2D eigenvalue weighted by atomic mass is 35.5. The van der Waals surface area contributed by atoms with Crippen LogP contribution in [0.2, 0.25) is 5.02 Å². The lowest BCUT2D eigenvalue weighted by atomic mass is 9.95. The van der Waals surface area contributed by atoms with E-state index in [4.69, 9.17) is 16.3 Å². The zero-order valence-corrected chi connectivity index (χ0v) is 22.9. The Morgan fingerprint density at radius 1 is 1.26 bits per heavy atom. The van der Waals surface area contributed by atoms with Crippen LogP contribution < -0.4 is 5.32 Å². The molecule has 1 aliphatic carbocycles. The van der Waals surface area contributed by atoms with Crippen LogP contribution in [0.3, 0.4) is 0 Å². The number of esters is 1. The van der Waals surface area contributed by atoms with Gasteiger partial charge in [0.2, 0.25) is 5.91 Å². The number of thioether (sulfide) groups is 1. The maximum absolute atomic E-state index is 12.9. The standard InChI is InChI=1S/C23H29ClN6O3S2/c1-6-30-20(19-18(24)13(4)29(5)28-19)26-27-23(30)34-11-16(31)25-21-17(22(32)33-12(2)3)14-9-7-8-10-15(14)35-21/h12H,6-11H2,1-5H3,(H,25,31). The van der Waals surface area contributed by atoms with Gasteiger partial charge in [0, 0.05) is 18.5 Å². The largest absolute Gasteiger partial charge is 0.459 e. The zero-order valence-electron chi connectivity index (χ0n) is 20.5. The summed E-state index contributed by atoms with van der Waals surface area (Å²) in [6.07, 6.45) is 3.64. The Balaban J connectivity index is 1.50. The van der Waals surface area contributed by atoms with Crippen molar-refractivity contribution in [1.82, 2.24) is 24.5 Å². The number of nitrogens with zero attached hydrogens (tertiary/aromatic N) is 5. The lowest BCUT2D eigenvalue weighted by Crippen LogP contribution is -2.19. The van der Waals surface area contributed by atoms with Crippen molar-refractivity contribution in [2.24, 2.45) is 7.05 Å². The number of aryl methyl sites for hydroxylation is 2. The van der Waals surface area contributed by atoms with Gasteiger partial charge in [-0.25, -0.2) is 4.79 Å². The van der Waals surface area contributed by atoms with Gasteiger partial charge in [0.05, 0.1) is 28.1 Å². The predicted molar refractivity (Wildman–Crippen MR) is 139 cm³/mol. The van der Waals surface area contributed by atoms with Gasteiger partial charge in [0.25, 0.3) is 0 Å². The van der Waals surface area contributed by atoms with E-state index >= 15 is 0 Å². The van der Waals surface area contributed by atoms with Crippen LogP contribution in [0.15, 0.2) is 5.16 Å². The van der Waals surface area contributed by atoms with Crippen LogP contribution in [0.4, 0.5) is 5.00 Å². The number of nitrogens with one attached hydrogen (secondary N) is 1. The first-order chi connectivity index (χ1) is 16.7. The van der Waals surface area contributed by atoms with Gasteiger partial charge in [-0.1, -0.05) is 23.4 Å². The van der Waals surface area contributed by atoms with Gasteiger partial charge in [0.1, 0.15) is 10.7 Å². The van der Waals surface area contributed by atoms with Crippen LogP contribution >= 0.6 is 34.7 Å². The van der Waals surface area contributed by atoms with E-state index in [0.717, 1.165) is 41.8 Å². The van der Waals surface area contributed by atoms with E-state index in [1.54, 1.807) is 4.68 Å². The van der Waals surface area contributed by atoms with Gasteiger partial charge in [-0.3, -0.25) is 9.48 Å². The summed E-state index contributed by atoms with van der Waals surface area (Å²) in [6.45, 7) is 8.11. The number of anilines is 1. The molecule has 1 aliphatic rings. The summed E-state index contributed by atoms with van der Waals surface area (Å²) in [5.41, 5.74) is 2.94. The van der Waals surface area contributed by atoms with Crippen molar-refractivity contribution in [2.75, 3.05) is 11.1 Å². The van der Waals surface area contributed by atoms with Crippen molar-refractivity contribution in [3.05, 3.63) is 26.7 Å². The Labute approximate surface area is 217 Å². The fourth-order valence-electron chi connectivity index (χ4n) is 4.02. The summed E-state index contributed by atoms with van der Waals surface area (Å²) in [7, 11) is 1.82. The van der Waals surface area contributed by atoms with Gasteiger partial charge in [-0.15, -0.1) is 21.5 Å². The normalized spacial score (nSPS) is 13.2. The van der Waals surface area contributed by atoms with Crippen LogP contribution in [0, 0.1) is 6.92 Å². The fraction of sp³-hybridized carbons (Fsp3) is 0.522. The summed E-state index contributed by atoms with van der Waals surface area (Å²) >= 11 is 9.21. The molecule has 1 N–H and O–H groups in total. The van der Waals surface area contributed by atoms with E-state index in [0.29, 0.717) is 38.8 Å². The average Bonchev–Trinajstić information content (AvgIpc) is 3.46. The first-order valence-electron chi connectivity index (χ1n) is 11.6. The summed E-state index contributed by atoms with van der Waals surface area (Å²) in [5, 5.41) is 17.7. The predicted octanol–water partition coefficient (Wildman–Crippen LogP) is 4.90. The molecule has 0 saturated heterocycles. The molecule has 0 saturated carbocycles. The Kier molecular flexibility index (Phi) is 7.87. The summed E-state index contributed by atoms with van der Waals surface area (Å²) in [6, 6.07) is 0. The van der Waals surface area contributed by atoms with Crippen molar-refractivity contribution in [3.63, 3.8) is 0 Å². The molecule has 9 nitrogen and oxygen atoms in total. The molecule has 188 valence electrons. The molecular formula is C23H29ClN6O3S2. The highest BCUT2D eigenvalue weighted by molar-refractivity contribution is 7.99. The van der Waals surface area contributed by atoms with Crippen LogP contribution in [-0.2, 0) is 36.0 Å². The molecule has 3 aromatic heterocycles. The minimum atomic E-state index is -0.375. The molecule has 0 unspecified atom stereocenters. The van der Waals surface area contributed by atoms with Gasteiger partial charge in [-0.05, 0) is 58.9 Å². The van der Waals surface area contributed by atoms with Crippen LogP contribution in [0.5, 0.6) is 0 Å². The van der Waals surface area contributed by atoms with E-state index < -0.39 is 0 Å². The first-order valence-corrected chi connectivity index (χ1v) is 13.8. The Morgan fingerprint density at radius 2 is 2.00 bits per heavy atom. The number of thiophene rings is 1. The van der Waals surface area contributed by atoms with E-state index in [9.17, 15) is 9.59 Å². The number of aromatic nitrogens is 5. The minimum absolute atomic E-state index is 0.119.